The Kier molecular flexibility index (Phi) is 5.61. The zero-order chi connectivity index (χ0) is 21.1. The summed E-state index contributed by atoms with van der Waals surface area (Å²) in [5.41, 5.74) is 2.41. The highest BCUT2D eigenvalue weighted by molar-refractivity contribution is 5.98. The molecular formula is C23H21FN2O4. The van der Waals surface area contributed by atoms with Crippen LogP contribution in [0.3, 0.4) is 0 Å². The summed E-state index contributed by atoms with van der Waals surface area (Å²) in [5, 5.41) is 0. The fourth-order valence-electron chi connectivity index (χ4n) is 3.75. The summed E-state index contributed by atoms with van der Waals surface area (Å²) in [6.07, 6.45) is 3.45. The molecule has 154 valence electrons. The maximum absolute atomic E-state index is 13.9. The summed E-state index contributed by atoms with van der Waals surface area (Å²) in [6, 6.07) is 11.6. The van der Waals surface area contributed by atoms with Gasteiger partial charge >= 0.3 is 5.97 Å². The first kappa shape index (κ1) is 19.8. The monoisotopic (exact) mass is 408 g/mol. The second-order valence-electron chi connectivity index (χ2n) is 7.04. The second kappa shape index (κ2) is 8.49. The van der Waals surface area contributed by atoms with Gasteiger partial charge in [0.1, 0.15) is 5.82 Å². The summed E-state index contributed by atoms with van der Waals surface area (Å²) in [6.45, 7) is 0.586. The second-order valence-corrected chi connectivity index (χ2v) is 7.04. The Balaban J connectivity index is 1.48. The molecule has 3 aromatic rings. The number of hydrogen-bond donors (Lipinski definition) is 0. The smallest absolute Gasteiger partial charge is 0.338 e. The SMILES string of the molecule is COC(=O)c1cccc2c1CCCN2C(=O)CCc1ncc(-c2ccccc2F)o1. The number of rotatable bonds is 5. The molecular weight excluding hydrogens is 387 g/mol. The van der Waals surface area contributed by atoms with Gasteiger partial charge in [0.15, 0.2) is 11.7 Å². The molecule has 30 heavy (non-hydrogen) atoms. The lowest BCUT2D eigenvalue weighted by Crippen LogP contribution is -2.36. The first-order valence-electron chi connectivity index (χ1n) is 9.78. The maximum atomic E-state index is 13.9. The van der Waals surface area contributed by atoms with Crippen LogP contribution in [-0.4, -0.2) is 30.5 Å². The molecule has 0 N–H and O–H groups in total. The molecule has 0 aliphatic carbocycles. The number of benzene rings is 2. The van der Waals surface area contributed by atoms with E-state index in [1.165, 1.54) is 19.4 Å². The Hall–Kier alpha value is -3.48. The number of esters is 1. The summed E-state index contributed by atoms with van der Waals surface area (Å²) in [5.74, 6) is -0.156. The normalized spacial score (nSPS) is 13.1. The van der Waals surface area contributed by atoms with Crippen LogP contribution in [0.15, 0.2) is 53.1 Å². The Labute approximate surface area is 173 Å². The molecule has 0 fully saturated rings. The van der Waals surface area contributed by atoms with Crippen LogP contribution in [0.25, 0.3) is 11.3 Å². The zero-order valence-electron chi connectivity index (χ0n) is 16.6. The third kappa shape index (κ3) is 3.83. The summed E-state index contributed by atoms with van der Waals surface area (Å²) >= 11 is 0. The minimum atomic E-state index is -0.401. The van der Waals surface area contributed by atoms with Gasteiger partial charge in [0.2, 0.25) is 5.91 Å². The summed E-state index contributed by atoms with van der Waals surface area (Å²) in [4.78, 5) is 30.8. The molecule has 6 nitrogen and oxygen atoms in total. The molecule has 0 saturated carbocycles. The highest BCUT2D eigenvalue weighted by atomic mass is 19.1. The molecule has 2 aromatic carbocycles. The van der Waals surface area contributed by atoms with Crippen LogP contribution in [0, 0.1) is 5.82 Å². The number of carbonyl (C=O) groups is 2. The van der Waals surface area contributed by atoms with Crippen LogP contribution in [0.1, 0.15) is 34.7 Å². The Morgan fingerprint density at radius 1 is 1.20 bits per heavy atom. The van der Waals surface area contributed by atoms with Gasteiger partial charge < -0.3 is 14.1 Å². The van der Waals surface area contributed by atoms with E-state index in [1.54, 1.807) is 35.2 Å². The van der Waals surface area contributed by atoms with Crippen molar-refractivity contribution in [3.63, 3.8) is 0 Å². The number of carbonyl (C=O) groups excluding carboxylic acids is 2. The predicted octanol–water partition coefficient (Wildman–Crippen LogP) is 4.18. The van der Waals surface area contributed by atoms with Crippen LogP contribution in [0.5, 0.6) is 0 Å². The van der Waals surface area contributed by atoms with E-state index in [9.17, 15) is 14.0 Å². The largest absolute Gasteiger partial charge is 0.465 e. The number of methoxy groups -OCH3 is 1. The van der Waals surface area contributed by atoms with Crippen molar-refractivity contribution < 1.29 is 23.1 Å². The van der Waals surface area contributed by atoms with E-state index in [0.717, 1.165) is 24.1 Å². The lowest BCUT2D eigenvalue weighted by Gasteiger charge is -2.30. The number of oxazole rings is 1. The minimum Gasteiger partial charge on any atom is -0.465 e. The lowest BCUT2D eigenvalue weighted by molar-refractivity contribution is -0.118. The van der Waals surface area contributed by atoms with Gasteiger partial charge in [-0.3, -0.25) is 4.79 Å². The molecule has 0 saturated heterocycles. The Morgan fingerprint density at radius 3 is 2.83 bits per heavy atom. The molecule has 0 bridgehead atoms. The number of aromatic nitrogens is 1. The van der Waals surface area contributed by atoms with Gasteiger partial charge in [-0.2, -0.15) is 0 Å². The number of aryl methyl sites for hydroxylation is 1. The number of anilines is 1. The molecule has 7 heteroatoms. The van der Waals surface area contributed by atoms with Crippen LogP contribution < -0.4 is 4.90 Å². The topological polar surface area (TPSA) is 72.6 Å². The first-order valence-corrected chi connectivity index (χ1v) is 9.78. The fourth-order valence-corrected chi connectivity index (χ4v) is 3.75. The van der Waals surface area contributed by atoms with Crippen LogP contribution in [0.2, 0.25) is 0 Å². The highest BCUT2D eigenvalue weighted by Gasteiger charge is 2.26. The van der Waals surface area contributed by atoms with E-state index in [2.05, 4.69) is 4.98 Å². The number of fused-ring (bicyclic) bond motifs is 1. The van der Waals surface area contributed by atoms with Crippen molar-refractivity contribution in [3.05, 3.63) is 71.5 Å². The van der Waals surface area contributed by atoms with E-state index in [-0.39, 0.29) is 18.1 Å². The number of hydrogen-bond acceptors (Lipinski definition) is 5. The average molecular weight is 408 g/mol. The number of halogens is 1. The highest BCUT2D eigenvalue weighted by Crippen LogP contribution is 2.31. The van der Waals surface area contributed by atoms with Crippen LogP contribution >= 0.6 is 0 Å². The molecule has 2 heterocycles. The fraction of sp³-hybridized carbons (Fsp3) is 0.261. The third-order valence-electron chi connectivity index (χ3n) is 5.20. The summed E-state index contributed by atoms with van der Waals surface area (Å²) < 4.78 is 24.4. The van der Waals surface area contributed by atoms with Gasteiger partial charge in [-0.1, -0.05) is 18.2 Å². The van der Waals surface area contributed by atoms with Gasteiger partial charge in [-0.25, -0.2) is 14.2 Å². The van der Waals surface area contributed by atoms with Gasteiger partial charge in [0.05, 0.1) is 24.4 Å². The van der Waals surface area contributed by atoms with Crippen molar-refractivity contribution in [2.24, 2.45) is 0 Å². The molecule has 1 aliphatic rings. The van der Waals surface area contributed by atoms with Gasteiger partial charge in [-0.05, 0) is 42.7 Å². The van der Waals surface area contributed by atoms with Crippen molar-refractivity contribution in [1.82, 2.24) is 4.98 Å². The van der Waals surface area contributed by atoms with Gasteiger partial charge in [0, 0.05) is 25.1 Å². The van der Waals surface area contributed by atoms with E-state index in [1.807, 2.05) is 6.07 Å². The van der Waals surface area contributed by atoms with E-state index in [4.69, 9.17) is 9.15 Å². The van der Waals surface area contributed by atoms with Crippen LogP contribution in [-0.2, 0) is 22.4 Å². The molecule has 1 aromatic heterocycles. The van der Waals surface area contributed by atoms with Crippen molar-refractivity contribution in [3.8, 4) is 11.3 Å². The standard InChI is InChI=1S/C23H21FN2O4/c1-29-23(28)16-7-4-10-19-15(16)8-5-13-26(19)22(27)12-11-21-25-14-20(30-21)17-6-2-3-9-18(17)24/h2-4,6-7,9-10,14H,5,8,11-13H2,1H3. The third-order valence-corrected chi connectivity index (χ3v) is 5.20. The molecule has 0 atom stereocenters. The molecule has 0 spiro atoms. The molecule has 0 radical (unpaired) electrons. The average Bonchev–Trinajstić information content (AvgIpc) is 3.25. The van der Waals surface area contributed by atoms with E-state index >= 15 is 0 Å². The van der Waals surface area contributed by atoms with Crippen molar-refractivity contribution >= 4 is 17.6 Å². The molecule has 4 rings (SSSR count). The lowest BCUT2D eigenvalue weighted by atomic mass is 9.96. The molecule has 1 aliphatic heterocycles. The minimum absolute atomic E-state index is 0.0800. The van der Waals surface area contributed by atoms with Crippen molar-refractivity contribution in [2.45, 2.75) is 25.7 Å². The number of ether oxygens (including phenoxy) is 1. The quantitative estimate of drug-likeness (QED) is 0.592. The zero-order valence-corrected chi connectivity index (χ0v) is 16.6. The van der Waals surface area contributed by atoms with Crippen molar-refractivity contribution in [2.75, 3.05) is 18.6 Å². The predicted molar refractivity (Wildman–Crippen MR) is 109 cm³/mol. The Morgan fingerprint density at radius 2 is 2.03 bits per heavy atom. The van der Waals surface area contributed by atoms with Gasteiger partial charge in [-0.15, -0.1) is 0 Å². The maximum Gasteiger partial charge on any atom is 0.338 e. The number of nitrogens with zero attached hydrogens (tertiary/aromatic N) is 2. The molecule has 1 amide bonds. The summed E-state index contributed by atoms with van der Waals surface area (Å²) in [7, 11) is 1.35. The van der Waals surface area contributed by atoms with Crippen molar-refractivity contribution in [1.29, 1.82) is 0 Å². The van der Waals surface area contributed by atoms with Gasteiger partial charge in [0.25, 0.3) is 0 Å². The first-order chi connectivity index (χ1) is 14.6. The van der Waals surface area contributed by atoms with Crippen LogP contribution in [0.4, 0.5) is 10.1 Å². The molecule has 0 unspecified atom stereocenters. The Bertz CT molecular complexity index is 1090. The van der Waals surface area contributed by atoms with E-state index < -0.39 is 5.97 Å². The number of amides is 1. The van der Waals surface area contributed by atoms with E-state index in [0.29, 0.717) is 35.7 Å².